The van der Waals surface area contributed by atoms with Crippen LogP contribution in [0, 0.1) is 0 Å². The average molecular weight is 425 g/mol. The zero-order valence-electron chi connectivity index (χ0n) is 19.1. The quantitative estimate of drug-likeness (QED) is 0.450. The normalized spacial score (nSPS) is 20.2. The molecule has 2 aromatic carbocycles. The first-order valence-corrected chi connectivity index (χ1v) is 11.5. The highest BCUT2D eigenvalue weighted by Crippen LogP contribution is 2.37. The molecule has 0 atom stereocenters. The van der Waals surface area contributed by atoms with Crippen molar-refractivity contribution in [3.63, 3.8) is 0 Å². The van der Waals surface area contributed by atoms with Gasteiger partial charge in [-0.25, -0.2) is 9.97 Å². The third-order valence-electron chi connectivity index (χ3n) is 7.57. The lowest BCUT2D eigenvalue weighted by Crippen LogP contribution is -2.41. The first-order chi connectivity index (χ1) is 15.3. The van der Waals surface area contributed by atoms with Gasteiger partial charge in [0.25, 0.3) is 0 Å². The molecular formula is C26H28BN3O2. The van der Waals surface area contributed by atoms with Crippen molar-refractivity contribution in [3.8, 4) is 11.1 Å². The van der Waals surface area contributed by atoms with Gasteiger partial charge in [0, 0.05) is 17.7 Å². The van der Waals surface area contributed by atoms with Crippen molar-refractivity contribution in [3.05, 3.63) is 54.5 Å². The highest BCUT2D eigenvalue weighted by molar-refractivity contribution is 6.62. The Labute approximate surface area is 188 Å². The number of nitrogens with one attached hydrogen (secondary N) is 1. The molecule has 0 spiro atoms. The predicted octanol–water partition coefficient (Wildman–Crippen LogP) is 5.34. The molecule has 2 aliphatic rings. The van der Waals surface area contributed by atoms with E-state index >= 15 is 0 Å². The van der Waals surface area contributed by atoms with Crippen molar-refractivity contribution in [2.45, 2.75) is 64.1 Å². The Morgan fingerprint density at radius 3 is 2.34 bits per heavy atom. The summed E-state index contributed by atoms with van der Waals surface area (Å²) in [5.74, 6) is 1.66. The lowest BCUT2D eigenvalue weighted by atomic mass is 9.78. The summed E-state index contributed by atoms with van der Waals surface area (Å²) in [4.78, 5) is 12.8. The molecule has 2 aromatic heterocycles. The predicted molar refractivity (Wildman–Crippen MR) is 129 cm³/mol. The van der Waals surface area contributed by atoms with Gasteiger partial charge in [0.15, 0.2) is 5.65 Å². The minimum absolute atomic E-state index is 0.340. The Morgan fingerprint density at radius 1 is 0.906 bits per heavy atom. The van der Waals surface area contributed by atoms with Crippen LogP contribution in [0.25, 0.3) is 33.1 Å². The number of nitrogens with zero attached hydrogens (tertiary/aromatic N) is 2. The van der Waals surface area contributed by atoms with Crippen molar-refractivity contribution < 1.29 is 9.31 Å². The van der Waals surface area contributed by atoms with E-state index in [-0.39, 0.29) is 18.3 Å². The van der Waals surface area contributed by atoms with E-state index in [0.29, 0.717) is 5.92 Å². The molecule has 0 radical (unpaired) electrons. The monoisotopic (exact) mass is 425 g/mol. The van der Waals surface area contributed by atoms with Gasteiger partial charge in [-0.1, -0.05) is 36.8 Å². The molecule has 0 unspecified atom stereocenters. The molecule has 6 heteroatoms. The van der Waals surface area contributed by atoms with Crippen LogP contribution in [0.3, 0.4) is 0 Å². The van der Waals surface area contributed by atoms with Crippen molar-refractivity contribution >= 4 is 34.5 Å². The standard InChI is InChI=1S/C26H28BN3O2/c1-25(2)26(3,4)32-27(31-25)21-11-10-17-12-18(8-9-19(17)13-21)20-14-22-24(28-15-20)30-23(29-22)16-6-5-7-16/h8-16H,5-7H2,1-4H3,(H,28,29,30). The lowest BCUT2D eigenvalue weighted by Gasteiger charge is -2.32. The molecule has 0 amide bonds. The van der Waals surface area contributed by atoms with Crippen molar-refractivity contribution in [2.24, 2.45) is 0 Å². The smallest absolute Gasteiger partial charge is 0.399 e. The molecule has 1 saturated carbocycles. The second-order valence-electron chi connectivity index (χ2n) is 10.3. The summed E-state index contributed by atoms with van der Waals surface area (Å²) >= 11 is 0. The number of rotatable bonds is 3. The zero-order chi connectivity index (χ0) is 22.1. The second kappa shape index (κ2) is 6.90. The van der Waals surface area contributed by atoms with E-state index < -0.39 is 0 Å². The van der Waals surface area contributed by atoms with Crippen LogP contribution in [-0.2, 0) is 9.31 Å². The van der Waals surface area contributed by atoms with Gasteiger partial charge < -0.3 is 14.3 Å². The summed E-state index contributed by atoms with van der Waals surface area (Å²) in [7, 11) is -0.346. The molecular weight excluding hydrogens is 397 g/mol. The van der Waals surface area contributed by atoms with Gasteiger partial charge in [-0.15, -0.1) is 0 Å². The van der Waals surface area contributed by atoms with Gasteiger partial charge in [-0.3, -0.25) is 0 Å². The number of hydrogen-bond acceptors (Lipinski definition) is 4. The van der Waals surface area contributed by atoms with E-state index in [1.165, 1.54) is 30.0 Å². The van der Waals surface area contributed by atoms with Crippen LogP contribution < -0.4 is 5.46 Å². The lowest BCUT2D eigenvalue weighted by molar-refractivity contribution is 0.00578. The highest BCUT2D eigenvalue weighted by atomic mass is 16.7. The Bertz CT molecular complexity index is 1320. The summed E-state index contributed by atoms with van der Waals surface area (Å²) in [6.07, 6.45) is 5.68. The third-order valence-corrected chi connectivity index (χ3v) is 7.57. The van der Waals surface area contributed by atoms with Crippen LogP contribution in [0.4, 0.5) is 0 Å². The largest absolute Gasteiger partial charge is 0.494 e. The van der Waals surface area contributed by atoms with E-state index in [1.807, 2.05) is 6.20 Å². The van der Waals surface area contributed by atoms with Crippen LogP contribution in [0.2, 0.25) is 0 Å². The molecule has 1 aliphatic carbocycles. The number of aromatic nitrogens is 3. The Morgan fingerprint density at radius 2 is 1.62 bits per heavy atom. The molecule has 4 aromatic rings. The average Bonchev–Trinajstić information content (AvgIpc) is 3.22. The minimum Gasteiger partial charge on any atom is -0.399 e. The maximum absolute atomic E-state index is 6.22. The summed E-state index contributed by atoms with van der Waals surface area (Å²) in [5.41, 5.74) is 4.44. The molecule has 5 nitrogen and oxygen atoms in total. The van der Waals surface area contributed by atoms with E-state index in [2.05, 4.69) is 80.1 Å². The van der Waals surface area contributed by atoms with E-state index in [4.69, 9.17) is 14.3 Å². The summed E-state index contributed by atoms with van der Waals surface area (Å²) in [6, 6.07) is 15.1. The number of pyridine rings is 1. The molecule has 162 valence electrons. The summed E-state index contributed by atoms with van der Waals surface area (Å²) < 4.78 is 12.4. The van der Waals surface area contributed by atoms with E-state index in [9.17, 15) is 0 Å². The maximum atomic E-state index is 6.22. The first-order valence-electron chi connectivity index (χ1n) is 11.5. The summed E-state index contributed by atoms with van der Waals surface area (Å²) in [6.45, 7) is 8.33. The molecule has 2 fully saturated rings. The van der Waals surface area contributed by atoms with Crippen LogP contribution in [0.15, 0.2) is 48.7 Å². The van der Waals surface area contributed by atoms with Gasteiger partial charge in [0.1, 0.15) is 5.82 Å². The zero-order valence-corrected chi connectivity index (χ0v) is 19.1. The molecule has 1 aliphatic heterocycles. The molecule has 0 bridgehead atoms. The number of fused-ring (bicyclic) bond motifs is 2. The molecule has 6 rings (SSSR count). The van der Waals surface area contributed by atoms with Crippen LogP contribution in [0.5, 0.6) is 0 Å². The van der Waals surface area contributed by atoms with Gasteiger partial charge >= 0.3 is 7.12 Å². The Kier molecular flexibility index (Phi) is 4.30. The fraction of sp³-hybridized carbons (Fsp3) is 0.385. The topological polar surface area (TPSA) is 60.0 Å². The molecule has 1 N–H and O–H groups in total. The first kappa shape index (κ1) is 20.0. The highest BCUT2D eigenvalue weighted by Gasteiger charge is 2.51. The van der Waals surface area contributed by atoms with Crippen LogP contribution in [-0.4, -0.2) is 33.3 Å². The number of benzene rings is 2. The second-order valence-corrected chi connectivity index (χ2v) is 10.3. The number of imidazole rings is 1. The maximum Gasteiger partial charge on any atom is 0.494 e. The van der Waals surface area contributed by atoms with E-state index in [0.717, 1.165) is 33.6 Å². The number of hydrogen-bond donors (Lipinski definition) is 1. The fourth-order valence-electron chi connectivity index (χ4n) is 4.52. The fourth-order valence-corrected chi connectivity index (χ4v) is 4.52. The van der Waals surface area contributed by atoms with Crippen LogP contribution >= 0.6 is 0 Å². The van der Waals surface area contributed by atoms with Gasteiger partial charge in [-0.2, -0.15) is 0 Å². The van der Waals surface area contributed by atoms with Crippen molar-refractivity contribution in [2.75, 3.05) is 0 Å². The van der Waals surface area contributed by atoms with Gasteiger partial charge in [0.05, 0.1) is 16.7 Å². The molecule has 1 saturated heterocycles. The van der Waals surface area contributed by atoms with Gasteiger partial charge in [0.2, 0.25) is 0 Å². The molecule has 3 heterocycles. The third kappa shape index (κ3) is 3.16. The Hall–Kier alpha value is -2.70. The summed E-state index contributed by atoms with van der Waals surface area (Å²) in [5, 5.41) is 2.35. The Balaban J connectivity index is 1.31. The van der Waals surface area contributed by atoms with Crippen molar-refractivity contribution in [1.29, 1.82) is 0 Å². The minimum atomic E-state index is -0.346. The SMILES string of the molecule is CC1(C)OB(c2ccc3cc(-c4cnc5nc(C6CCC6)[nH]c5c4)ccc3c2)OC1(C)C. The number of aromatic amines is 1. The molecule has 32 heavy (non-hydrogen) atoms. The van der Waals surface area contributed by atoms with Crippen molar-refractivity contribution in [1.82, 2.24) is 15.0 Å². The number of H-pyrrole nitrogens is 1. The van der Waals surface area contributed by atoms with E-state index in [1.54, 1.807) is 0 Å². The van der Waals surface area contributed by atoms with Gasteiger partial charge in [-0.05, 0) is 74.5 Å². The van der Waals surface area contributed by atoms with Crippen LogP contribution in [0.1, 0.15) is 58.7 Å².